The van der Waals surface area contributed by atoms with E-state index in [1.807, 2.05) is 13.8 Å². The van der Waals surface area contributed by atoms with Gasteiger partial charge in [-0.2, -0.15) is 13.2 Å². The largest absolute Gasteiger partial charge is 0.417 e. The number of carbonyl (C=O) groups excluding carboxylic acids is 1. The molecule has 0 radical (unpaired) electrons. The van der Waals surface area contributed by atoms with Crippen molar-refractivity contribution in [1.82, 2.24) is 10.2 Å². The van der Waals surface area contributed by atoms with Crippen molar-refractivity contribution in [3.05, 3.63) is 58.6 Å². The highest BCUT2D eigenvalue weighted by atomic mass is 35.5. The van der Waals surface area contributed by atoms with Crippen molar-refractivity contribution < 1.29 is 26.4 Å². The van der Waals surface area contributed by atoms with Crippen molar-refractivity contribution in [2.24, 2.45) is 0 Å². The molecule has 3 aromatic rings. The van der Waals surface area contributed by atoms with Gasteiger partial charge in [-0.3, -0.25) is 14.4 Å². The smallest absolute Gasteiger partial charge is 0.299 e. The lowest BCUT2D eigenvalue weighted by Gasteiger charge is -2.25. The zero-order chi connectivity index (χ0) is 26.0. The topological polar surface area (TPSA) is 92.3 Å². The number of nitrogens with zero attached hydrogens (tertiary/aromatic N) is 3. The summed E-state index contributed by atoms with van der Waals surface area (Å²) in [6, 6.07) is 8.37. The minimum absolute atomic E-state index is 0.137. The van der Waals surface area contributed by atoms with Crippen molar-refractivity contribution in [2.45, 2.75) is 41.4 Å². The fourth-order valence-corrected chi connectivity index (χ4v) is 6.47. The molecule has 7 nitrogen and oxygen atoms in total. The number of anilines is 2. The molecule has 0 aliphatic heterocycles. The van der Waals surface area contributed by atoms with Gasteiger partial charge in [0.25, 0.3) is 10.0 Å². The van der Waals surface area contributed by atoms with Gasteiger partial charge in [-0.1, -0.05) is 66.2 Å². The van der Waals surface area contributed by atoms with Crippen LogP contribution in [0.25, 0.3) is 0 Å². The Hall–Kier alpha value is -2.35. The van der Waals surface area contributed by atoms with Gasteiger partial charge in [0.1, 0.15) is 6.54 Å². The van der Waals surface area contributed by atoms with Gasteiger partial charge in [0.15, 0.2) is 4.34 Å². The number of amides is 1. The molecule has 0 unspecified atom stereocenters. The van der Waals surface area contributed by atoms with Crippen LogP contribution >= 0.6 is 34.7 Å². The average molecular weight is 565 g/mol. The number of carbonyl (C=O) groups is 1. The fraction of sp³-hybridized carbons (Fsp3) is 0.286. The number of rotatable bonds is 8. The molecule has 0 saturated heterocycles. The SMILES string of the molecule is Cc1ccc(S(=O)(=O)N(CC(=O)Nc2nnc(SC(C)C)s2)c2ccc(Cl)c(C(F)(F)F)c2)cc1. The number of aromatic nitrogens is 2. The van der Waals surface area contributed by atoms with E-state index in [4.69, 9.17) is 11.6 Å². The maximum atomic E-state index is 13.5. The molecule has 2 aromatic carbocycles. The molecule has 1 aromatic heterocycles. The minimum Gasteiger partial charge on any atom is -0.299 e. The maximum absolute atomic E-state index is 13.5. The standard InChI is InChI=1S/C21H20ClF3N4O3S3/c1-12(2)33-20-28-27-19(34-20)26-18(30)11-29(35(31,32)15-7-4-13(3)5-8-15)14-6-9-17(22)16(10-14)21(23,24)25/h4-10,12H,11H2,1-3H3,(H,26,27,30). The van der Waals surface area contributed by atoms with Gasteiger partial charge < -0.3 is 0 Å². The number of alkyl halides is 3. The summed E-state index contributed by atoms with van der Waals surface area (Å²) in [7, 11) is -4.42. The first-order valence-electron chi connectivity index (χ1n) is 10.0. The Morgan fingerprint density at radius 2 is 1.83 bits per heavy atom. The number of hydrogen-bond donors (Lipinski definition) is 1. The molecule has 0 atom stereocenters. The monoisotopic (exact) mass is 564 g/mol. The van der Waals surface area contributed by atoms with Gasteiger partial charge in [0.05, 0.1) is 21.2 Å². The normalized spacial score (nSPS) is 12.1. The number of aryl methyl sites for hydroxylation is 1. The second-order valence-electron chi connectivity index (χ2n) is 7.57. The molecule has 0 spiro atoms. The van der Waals surface area contributed by atoms with Crippen LogP contribution in [0.15, 0.2) is 51.7 Å². The van der Waals surface area contributed by atoms with Crippen LogP contribution in [0.4, 0.5) is 24.0 Å². The summed E-state index contributed by atoms with van der Waals surface area (Å²) >= 11 is 8.24. The molecule has 0 aliphatic rings. The van der Waals surface area contributed by atoms with E-state index >= 15 is 0 Å². The molecule has 14 heteroatoms. The van der Waals surface area contributed by atoms with Crippen LogP contribution in [0.3, 0.4) is 0 Å². The van der Waals surface area contributed by atoms with E-state index in [-0.39, 0.29) is 21.0 Å². The summed E-state index contributed by atoms with van der Waals surface area (Å²) in [4.78, 5) is 12.6. The summed E-state index contributed by atoms with van der Waals surface area (Å²) < 4.78 is 68.4. The summed E-state index contributed by atoms with van der Waals surface area (Å²) in [5, 5.41) is 10.0. The van der Waals surface area contributed by atoms with Crippen LogP contribution < -0.4 is 9.62 Å². The van der Waals surface area contributed by atoms with Crippen LogP contribution in [-0.4, -0.2) is 36.3 Å². The quantitative estimate of drug-likeness (QED) is 0.272. The first kappa shape index (κ1) is 27.2. The average Bonchev–Trinajstić information content (AvgIpc) is 3.17. The highest BCUT2D eigenvalue weighted by Gasteiger charge is 2.35. The molecule has 188 valence electrons. The van der Waals surface area contributed by atoms with Gasteiger partial charge in [0.2, 0.25) is 11.0 Å². The molecule has 3 rings (SSSR count). The lowest BCUT2D eigenvalue weighted by molar-refractivity contribution is -0.137. The molecular weight excluding hydrogens is 545 g/mol. The van der Waals surface area contributed by atoms with E-state index in [1.165, 1.54) is 23.9 Å². The zero-order valence-electron chi connectivity index (χ0n) is 18.6. The minimum atomic E-state index is -4.83. The number of thioether (sulfide) groups is 1. The van der Waals surface area contributed by atoms with Crippen molar-refractivity contribution in [3.8, 4) is 0 Å². The number of benzene rings is 2. The van der Waals surface area contributed by atoms with Gasteiger partial charge in [-0.25, -0.2) is 8.42 Å². The Bertz CT molecular complexity index is 1310. The highest BCUT2D eigenvalue weighted by Crippen LogP contribution is 2.38. The second-order valence-corrected chi connectivity index (χ2v) is 12.6. The Labute approximate surface area is 213 Å². The summed E-state index contributed by atoms with van der Waals surface area (Å²) in [6.45, 7) is 4.87. The van der Waals surface area contributed by atoms with Gasteiger partial charge in [-0.15, -0.1) is 10.2 Å². The predicted octanol–water partition coefficient (Wildman–Crippen LogP) is 5.85. The molecule has 0 bridgehead atoms. The molecule has 1 N–H and O–H groups in total. The van der Waals surface area contributed by atoms with Crippen molar-refractivity contribution in [2.75, 3.05) is 16.2 Å². The third kappa shape index (κ3) is 6.87. The second kappa shape index (κ2) is 10.7. The lowest BCUT2D eigenvalue weighted by Crippen LogP contribution is -2.38. The summed E-state index contributed by atoms with van der Waals surface area (Å²) in [5.74, 6) is -0.804. The maximum Gasteiger partial charge on any atom is 0.417 e. The van der Waals surface area contributed by atoms with Gasteiger partial charge in [-0.05, 0) is 37.3 Å². The lowest BCUT2D eigenvalue weighted by atomic mass is 10.2. The van der Waals surface area contributed by atoms with Crippen molar-refractivity contribution in [1.29, 1.82) is 0 Å². The van der Waals surface area contributed by atoms with Gasteiger partial charge >= 0.3 is 6.18 Å². The Balaban J connectivity index is 1.98. The number of hydrogen-bond acceptors (Lipinski definition) is 7. The Morgan fingerprint density at radius 1 is 1.17 bits per heavy atom. The van der Waals surface area contributed by atoms with Crippen LogP contribution in [0.1, 0.15) is 25.0 Å². The van der Waals surface area contributed by atoms with Crippen LogP contribution in [0.2, 0.25) is 5.02 Å². The van der Waals surface area contributed by atoms with Crippen LogP contribution in [0, 0.1) is 6.92 Å². The van der Waals surface area contributed by atoms with Crippen LogP contribution in [0.5, 0.6) is 0 Å². The fourth-order valence-electron chi connectivity index (χ4n) is 2.84. The van der Waals surface area contributed by atoms with Crippen LogP contribution in [-0.2, 0) is 21.0 Å². The van der Waals surface area contributed by atoms with Crippen molar-refractivity contribution in [3.63, 3.8) is 0 Å². The number of halogens is 4. The van der Waals surface area contributed by atoms with E-state index in [9.17, 15) is 26.4 Å². The molecule has 0 aliphatic carbocycles. The third-order valence-electron chi connectivity index (χ3n) is 4.43. The summed E-state index contributed by atoms with van der Waals surface area (Å²) in [6.07, 6.45) is -4.83. The molecule has 1 amide bonds. The van der Waals surface area contributed by atoms with E-state index in [0.717, 1.165) is 29.0 Å². The first-order valence-corrected chi connectivity index (χ1v) is 13.5. The molecule has 0 saturated carbocycles. The Morgan fingerprint density at radius 3 is 2.43 bits per heavy atom. The van der Waals surface area contributed by atoms with E-state index < -0.39 is 39.2 Å². The number of nitrogens with one attached hydrogen (secondary N) is 1. The summed E-state index contributed by atoms with van der Waals surface area (Å²) in [5.41, 5.74) is -0.808. The molecule has 35 heavy (non-hydrogen) atoms. The molecule has 1 heterocycles. The van der Waals surface area contributed by atoms with E-state index in [1.54, 1.807) is 19.1 Å². The zero-order valence-corrected chi connectivity index (χ0v) is 21.8. The predicted molar refractivity (Wildman–Crippen MR) is 132 cm³/mol. The molecular formula is C21H20ClF3N4O3S3. The Kier molecular flexibility index (Phi) is 8.35. The number of sulfonamides is 1. The highest BCUT2D eigenvalue weighted by molar-refractivity contribution is 8.01. The van der Waals surface area contributed by atoms with E-state index in [0.29, 0.717) is 14.7 Å². The van der Waals surface area contributed by atoms with E-state index in [2.05, 4.69) is 15.5 Å². The van der Waals surface area contributed by atoms with Crippen molar-refractivity contribution >= 4 is 61.4 Å². The third-order valence-corrected chi connectivity index (χ3v) is 8.47. The van der Waals surface area contributed by atoms with Gasteiger partial charge in [0, 0.05) is 5.25 Å². The molecule has 0 fully saturated rings. The first-order chi connectivity index (χ1) is 16.3.